The number of carbonyl (C=O) groups is 1. The van der Waals surface area contributed by atoms with Crippen molar-refractivity contribution in [2.24, 2.45) is 0 Å². The largest absolute Gasteiger partial charge is 1.00 e. The molecule has 1 unspecified atom stereocenters. The van der Waals surface area contributed by atoms with Crippen LogP contribution >= 0.6 is 0 Å². The predicted molar refractivity (Wildman–Crippen MR) is 128 cm³/mol. The van der Waals surface area contributed by atoms with Crippen LogP contribution in [0, 0.1) is 0 Å². The van der Waals surface area contributed by atoms with E-state index in [2.05, 4.69) is 80.6 Å². The normalized spacial score (nSPS) is 15.0. The van der Waals surface area contributed by atoms with Gasteiger partial charge in [-0.25, -0.2) is 4.79 Å². The van der Waals surface area contributed by atoms with Gasteiger partial charge in [0.15, 0.2) is 0 Å². The number of fused-ring (bicyclic) bond motifs is 2. The third kappa shape index (κ3) is 4.09. The summed E-state index contributed by atoms with van der Waals surface area (Å²) in [6.45, 7) is 4.38. The molecular weight excluding hydrogens is 405 g/mol. The zero-order valence-electron chi connectivity index (χ0n) is 19.7. The van der Waals surface area contributed by atoms with Gasteiger partial charge in [-0.05, 0) is 63.2 Å². The van der Waals surface area contributed by atoms with Crippen molar-refractivity contribution < 1.29 is 40.9 Å². The number of nitrogens with zero attached hydrogens (tertiary/aromatic N) is 1. The van der Waals surface area contributed by atoms with Crippen molar-refractivity contribution in [1.29, 1.82) is 0 Å². The van der Waals surface area contributed by atoms with Gasteiger partial charge in [0.25, 0.3) is 0 Å². The first-order valence-electron chi connectivity index (χ1n) is 10.8. The van der Waals surface area contributed by atoms with Gasteiger partial charge in [0, 0.05) is 17.8 Å². The fourth-order valence-electron chi connectivity index (χ4n) is 4.53. The second kappa shape index (κ2) is 9.11. The van der Waals surface area contributed by atoms with Gasteiger partial charge in [-0.2, -0.15) is 0 Å². The minimum Gasteiger partial charge on any atom is -1.00 e. The Morgan fingerprint density at radius 3 is 2.28 bits per heavy atom. The molecule has 1 atom stereocenters. The molecule has 4 aromatic rings. The van der Waals surface area contributed by atoms with Gasteiger partial charge in [0.05, 0.1) is 0 Å². The zero-order chi connectivity index (χ0) is 21.5. The minimum absolute atomic E-state index is 0. The van der Waals surface area contributed by atoms with Crippen LogP contribution in [0.4, 0.5) is 11.4 Å². The van der Waals surface area contributed by atoms with Crippen molar-refractivity contribution in [3.05, 3.63) is 96.1 Å². The number of hydrogen-bond donors (Lipinski definition) is 1. The third-order valence-corrected chi connectivity index (χ3v) is 6.27. The Morgan fingerprint density at radius 2 is 1.59 bits per heavy atom. The minimum atomic E-state index is -0.799. The fraction of sp³-hybridized carbons (Fsp3) is 0.179. The van der Waals surface area contributed by atoms with Crippen LogP contribution in [0.5, 0.6) is 0 Å². The van der Waals surface area contributed by atoms with Gasteiger partial charge in [0.2, 0.25) is 0 Å². The molecule has 5 rings (SSSR count). The van der Waals surface area contributed by atoms with Crippen LogP contribution in [0.15, 0.2) is 84.9 Å². The van der Waals surface area contributed by atoms with Crippen molar-refractivity contribution in [2.75, 3.05) is 4.90 Å². The number of rotatable bonds is 4. The Bertz CT molecular complexity index is 1290. The molecule has 0 bridgehead atoms. The van der Waals surface area contributed by atoms with Crippen LogP contribution in [0.25, 0.3) is 21.9 Å². The van der Waals surface area contributed by atoms with Crippen molar-refractivity contribution in [3.63, 3.8) is 0 Å². The molecule has 156 valence electrons. The summed E-state index contributed by atoms with van der Waals surface area (Å²) in [4.78, 5) is 14.1. The Hall–Kier alpha value is -2.59. The molecular formula is C28H26NNaO2. The Balaban J connectivity index is 0.00000153. The van der Waals surface area contributed by atoms with Crippen molar-refractivity contribution >= 4 is 28.1 Å². The number of aliphatic carboxylic acids is 1. The van der Waals surface area contributed by atoms with Gasteiger partial charge in [0.1, 0.15) is 6.04 Å². The summed E-state index contributed by atoms with van der Waals surface area (Å²) in [5.41, 5.74) is 6.57. The van der Waals surface area contributed by atoms with E-state index in [-0.39, 0.29) is 31.0 Å². The maximum atomic E-state index is 12.1. The van der Waals surface area contributed by atoms with E-state index in [1.165, 1.54) is 5.56 Å². The van der Waals surface area contributed by atoms with Gasteiger partial charge in [-0.1, -0.05) is 74.5 Å². The van der Waals surface area contributed by atoms with Crippen LogP contribution < -0.4 is 34.5 Å². The molecule has 0 fully saturated rings. The first-order valence-corrected chi connectivity index (χ1v) is 10.8. The first kappa shape index (κ1) is 22.6. The molecule has 32 heavy (non-hydrogen) atoms. The number of hydrogen-bond acceptors (Lipinski definition) is 2. The first-order chi connectivity index (χ1) is 15.0. The third-order valence-electron chi connectivity index (χ3n) is 6.27. The van der Waals surface area contributed by atoms with Crippen LogP contribution in [0.2, 0.25) is 0 Å². The van der Waals surface area contributed by atoms with Crippen LogP contribution in [0.1, 0.15) is 32.3 Å². The molecule has 1 N–H and O–H groups in total. The molecule has 0 amide bonds. The SMILES string of the molecule is CC(C)c1ccc(-c2ccc3c(c2)CC(C(=O)O)N3c2ccc3ccccc3c2)cc1.[H-].[Na+]. The molecule has 0 radical (unpaired) electrons. The van der Waals surface area contributed by atoms with E-state index in [1.807, 2.05) is 23.1 Å². The smallest absolute Gasteiger partial charge is 1.00 e. The molecule has 0 saturated carbocycles. The van der Waals surface area contributed by atoms with E-state index in [0.717, 1.165) is 38.8 Å². The van der Waals surface area contributed by atoms with E-state index in [9.17, 15) is 9.90 Å². The summed E-state index contributed by atoms with van der Waals surface area (Å²) in [6, 6.07) is 28.7. The molecule has 0 spiro atoms. The molecule has 0 saturated heterocycles. The summed E-state index contributed by atoms with van der Waals surface area (Å²) in [5.74, 6) is -0.298. The van der Waals surface area contributed by atoms with Gasteiger partial charge >= 0.3 is 35.5 Å². The summed E-state index contributed by atoms with van der Waals surface area (Å²) in [5, 5.41) is 12.2. The summed E-state index contributed by atoms with van der Waals surface area (Å²) >= 11 is 0. The number of benzene rings is 4. The standard InChI is InChI=1S/C28H25NO2.Na.H/c1-18(2)19-7-9-21(10-8-19)23-12-14-26-24(15-23)17-27(28(30)31)29(26)25-13-11-20-5-3-4-6-22(20)16-25;;/h3-16,18,27H,17H2,1-2H3,(H,30,31);;/q;+1;-1. The van der Waals surface area contributed by atoms with E-state index in [1.54, 1.807) is 0 Å². The monoisotopic (exact) mass is 431 g/mol. The molecule has 3 nitrogen and oxygen atoms in total. The Kier molecular flexibility index (Phi) is 6.43. The Morgan fingerprint density at radius 1 is 0.906 bits per heavy atom. The molecule has 4 aromatic carbocycles. The van der Waals surface area contributed by atoms with E-state index < -0.39 is 12.0 Å². The second-order valence-electron chi connectivity index (χ2n) is 8.58. The summed E-state index contributed by atoms with van der Waals surface area (Å²) in [6.07, 6.45) is 0.495. The number of carboxylic acids is 1. The van der Waals surface area contributed by atoms with E-state index in [0.29, 0.717) is 12.3 Å². The van der Waals surface area contributed by atoms with Crippen molar-refractivity contribution in [1.82, 2.24) is 0 Å². The van der Waals surface area contributed by atoms with Crippen LogP contribution in [-0.4, -0.2) is 17.1 Å². The molecule has 0 aromatic heterocycles. The Labute approximate surface area is 212 Å². The summed E-state index contributed by atoms with van der Waals surface area (Å²) < 4.78 is 0. The van der Waals surface area contributed by atoms with E-state index >= 15 is 0 Å². The number of carboxylic acid groups (broad SMARTS) is 1. The van der Waals surface area contributed by atoms with E-state index in [4.69, 9.17) is 0 Å². The molecule has 1 aliphatic heterocycles. The number of anilines is 2. The van der Waals surface area contributed by atoms with Crippen LogP contribution in [-0.2, 0) is 11.2 Å². The van der Waals surface area contributed by atoms with Gasteiger partial charge in [-0.3, -0.25) is 0 Å². The molecule has 0 aliphatic carbocycles. The van der Waals surface area contributed by atoms with Crippen molar-refractivity contribution in [3.8, 4) is 11.1 Å². The van der Waals surface area contributed by atoms with Gasteiger partial charge in [-0.15, -0.1) is 0 Å². The summed E-state index contributed by atoms with van der Waals surface area (Å²) in [7, 11) is 0. The average molecular weight is 432 g/mol. The maximum absolute atomic E-state index is 12.1. The topological polar surface area (TPSA) is 40.5 Å². The van der Waals surface area contributed by atoms with Crippen molar-refractivity contribution in [2.45, 2.75) is 32.2 Å². The fourth-order valence-corrected chi connectivity index (χ4v) is 4.53. The average Bonchev–Trinajstić information content (AvgIpc) is 3.18. The second-order valence-corrected chi connectivity index (χ2v) is 8.58. The maximum Gasteiger partial charge on any atom is 1.00 e. The molecule has 1 heterocycles. The van der Waals surface area contributed by atoms with Gasteiger partial charge < -0.3 is 11.4 Å². The molecule has 4 heteroatoms. The zero-order valence-corrected chi connectivity index (χ0v) is 20.7. The molecule has 1 aliphatic rings. The quantitative estimate of drug-likeness (QED) is 0.499. The van der Waals surface area contributed by atoms with Crippen LogP contribution in [0.3, 0.4) is 0 Å². The predicted octanol–water partition coefficient (Wildman–Crippen LogP) is 3.89.